The molecular weight excluding hydrogens is 256 g/mol. The number of nitrogens with zero attached hydrogens (tertiary/aromatic N) is 1. The summed E-state index contributed by atoms with van der Waals surface area (Å²) in [5.41, 5.74) is 6.48. The van der Waals surface area contributed by atoms with Gasteiger partial charge in [-0.2, -0.15) is 0 Å². The predicted octanol–water partition coefficient (Wildman–Crippen LogP) is 4.76. The lowest BCUT2D eigenvalue weighted by molar-refractivity contribution is 0.866. The number of rotatable bonds is 6. The molecule has 21 heavy (non-hydrogen) atoms. The molecule has 112 valence electrons. The molecule has 2 rings (SSSR count). The molecule has 0 atom stereocenters. The Balaban J connectivity index is 2.02. The van der Waals surface area contributed by atoms with Gasteiger partial charge in [0.05, 0.1) is 0 Å². The third-order valence-corrected chi connectivity index (χ3v) is 3.98. The van der Waals surface area contributed by atoms with Crippen molar-refractivity contribution in [1.82, 2.24) is 0 Å². The monoisotopic (exact) mass is 282 g/mol. The van der Waals surface area contributed by atoms with Crippen molar-refractivity contribution in [3.63, 3.8) is 0 Å². The second-order valence-electron chi connectivity index (χ2n) is 5.50. The van der Waals surface area contributed by atoms with Gasteiger partial charge in [-0.1, -0.05) is 23.8 Å². The molecule has 0 bridgehead atoms. The molecule has 0 unspecified atom stereocenters. The van der Waals surface area contributed by atoms with Crippen LogP contribution in [0.15, 0.2) is 42.5 Å². The van der Waals surface area contributed by atoms with Crippen molar-refractivity contribution >= 4 is 11.4 Å². The van der Waals surface area contributed by atoms with Gasteiger partial charge < -0.3 is 10.2 Å². The van der Waals surface area contributed by atoms with Gasteiger partial charge in [0.25, 0.3) is 0 Å². The van der Waals surface area contributed by atoms with Crippen LogP contribution in [0.1, 0.15) is 30.5 Å². The standard InChI is InChI=1S/C19H26N2/c1-5-21(6-2)19-11-9-18(10-12-19)20-14-17-13-15(3)7-8-16(17)4/h7-13,20H,5-6,14H2,1-4H3. The van der Waals surface area contributed by atoms with Crippen LogP contribution in [-0.2, 0) is 6.54 Å². The highest BCUT2D eigenvalue weighted by molar-refractivity contribution is 5.55. The zero-order valence-electron chi connectivity index (χ0n) is 13.6. The Labute approximate surface area is 128 Å². The molecule has 0 spiro atoms. The first-order chi connectivity index (χ1) is 10.1. The summed E-state index contributed by atoms with van der Waals surface area (Å²) in [7, 11) is 0. The van der Waals surface area contributed by atoms with Crippen molar-refractivity contribution < 1.29 is 0 Å². The summed E-state index contributed by atoms with van der Waals surface area (Å²) in [5, 5.41) is 3.51. The van der Waals surface area contributed by atoms with Crippen LogP contribution in [0.3, 0.4) is 0 Å². The molecule has 2 aromatic rings. The third kappa shape index (κ3) is 4.01. The molecule has 0 amide bonds. The zero-order valence-corrected chi connectivity index (χ0v) is 13.6. The summed E-state index contributed by atoms with van der Waals surface area (Å²) in [6.07, 6.45) is 0. The van der Waals surface area contributed by atoms with E-state index < -0.39 is 0 Å². The minimum Gasteiger partial charge on any atom is -0.381 e. The maximum Gasteiger partial charge on any atom is 0.0403 e. The Hall–Kier alpha value is -1.96. The van der Waals surface area contributed by atoms with Crippen LogP contribution in [0.2, 0.25) is 0 Å². The maximum absolute atomic E-state index is 3.51. The van der Waals surface area contributed by atoms with Crippen LogP contribution in [0.4, 0.5) is 11.4 Å². The van der Waals surface area contributed by atoms with Gasteiger partial charge in [-0.05, 0) is 63.1 Å². The Morgan fingerprint density at radius 3 is 2.19 bits per heavy atom. The molecule has 0 radical (unpaired) electrons. The van der Waals surface area contributed by atoms with E-state index in [9.17, 15) is 0 Å². The molecule has 0 aliphatic heterocycles. The lowest BCUT2D eigenvalue weighted by Gasteiger charge is -2.21. The molecule has 2 heteroatoms. The fourth-order valence-corrected chi connectivity index (χ4v) is 2.57. The van der Waals surface area contributed by atoms with E-state index in [1.54, 1.807) is 0 Å². The van der Waals surface area contributed by atoms with Crippen LogP contribution in [-0.4, -0.2) is 13.1 Å². The fraction of sp³-hybridized carbons (Fsp3) is 0.368. The van der Waals surface area contributed by atoms with Gasteiger partial charge in [0.15, 0.2) is 0 Å². The van der Waals surface area contributed by atoms with Crippen molar-refractivity contribution in [3.8, 4) is 0 Å². The Morgan fingerprint density at radius 2 is 1.57 bits per heavy atom. The first-order valence-electron chi connectivity index (χ1n) is 7.79. The molecule has 0 saturated carbocycles. The summed E-state index contributed by atoms with van der Waals surface area (Å²) in [4.78, 5) is 2.36. The van der Waals surface area contributed by atoms with E-state index in [0.717, 1.165) is 19.6 Å². The van der Waals surface area contributed by atoms with E-state index in [-0.39, 0.29) is 0 Å². The van der Waals surface area contributed by atoms with E-state index in [2.05, 4.69) is 80.4 Å². The Bertz CT molecular complexity index is 569. The second-order valence-corrected chi connectivity index (χ2v) is 5.50. The quantitative estimate of drug-likeness (QED) is 0.821. The smallest absolute Gasteiger partial charge is 0.0403 e. The summed E-state index contributed by atoms with van der Waals surface area (Å²) in [5.74, 6) is 0. The van der Waals surface area contributed by atoms with Gasteiger partial charge >= 0.3 is 0 Å². The van der Waals surface area contributed by atoms with Crippen molar-refractivity contribution in [1.29, 1.82) is 0 Å². The third-order valence-electron chi connectivity index (χ3n) is 3.98. The molecule has 0 aliphatic carbocycles. The van der Waals surface area contributed by atoms with E-state index in [0.29, 0.717) is 0 Å². The number of hydrogen-bond acceptors (Lipinski definition) is 2. The molecule has 0 aliphatic rings. The highest BCUT2D eigenvalue weighted by Gasteiger charge is 2.02. The average molecular weight is 282 g/mol. The largest absolute Gasteiger partial charge is 0.381 e. The van der Waals surface area contributed by atoms with Crippen molar-refractivity contribution in [2.45, 2.75) is 34.2 Å². The summed E-state index contributed by atoms with van der Waals surface area (Å²) in [6.45, 7) is 11.7. The highest BCUT2D eigenvalue weighted by Crippen LogP contribution is 2.19. The number of nitrogens with one attached hydrogen (secondary N) is 1. The number of benzene rings is 2. The lowest BCUT2D eigenvalue weighted by Crippen LogP contribution is -2.21. The summed E-state index contributed by atoms with van der Waals surface area (Å²) >= 11 is 0. The first-order valence-corrected chi connectivity index (χ1v) is 7.79. The van der Waals surface area contributed by atoms with Gasteiger partial charge in [0.1, 0.15) is 0 Å². The van der Waals surface area contributed by atoms with Crippen LogP contribution in [0, 0.1) is 13.8 Å². The van der Waals surface area contributed by atoms with E-state index in [1.807, 2.05) is 0 Å². The van der Waals surface area contributed by atoms with E-state index in [4.69, 9.17) is 0 Å². The lowest BCUT2D eigenvalue weighted by atomic mass is 10.1. The average Bonchev–Trinajstić information content (AvgIpc) is 2.51. The summed E-state index contributed by atoms with van der Waals surface area (Å²) in [6, 6.07) is 15.3. The van der Waals surface area contributed by atoms with Crippen LogP contribution < -0.4 is 10.2 Å². The van der Waals surface area contributed by atoms with Gasteiger partial charge in [-0.25, -0.2) is 0 Å². The van der Waals surface area contributed by atoms with Crippen molar-refractivity contribution in [3.05, 3.63) is 59.2 Å². The fourth-order valence-electron chi connectivity index (χ4n) is 2.57. The molecular formula is C19H26N2. The number of anilines is 2. The Kier molecular flexibility index (Phi) is 5.26. The molecule has 2 aromatic carbocycles. The molecule has 2 nitrogen and oxygen atoms in total. The van der Waals surface area contributed by atoms with Crippen LogP contribution in [0.25, 0.3) is 0 Å². The second kappa shape index (κ2) is 7.16. The van der Waals surface area contributed by atoms with E-state index in [1.165, 1.54) is 28.1 Å². The molecule has 0 heterocycles. The maximum atomic E-state index is 3.51. The predicted molar refractivity (Wildman–Crippen MR) is 93.2 cm³/mol. The van der Waals surface area contributed by atoms with Gasteiger partial charge in [-0.3, -0.25) is 0 Å². The molecule has 0 fully saturated rings. The molecule has 0 aromatic heterocycles. The normalized spacial score (nSPS) is 10.5. The molecule has 1 N–H and O–H groups in total. The molecule has 0 saturated heterocycles. The van der Waals surface area contributed by atoms with Crippen molar-refractivity contribution in [2.75, 3.05) is 23.3 Å². The minimum atomic E-state index is 0.873. The minimum absolute atomic E-state index is 0.873. The number of hydrogen-bond donors (Lipinski definition) is 1. The van der Waals surface area contributed by atoms with E-state index >= 15 is 0 Å². The zero-order chi connectivity index (χ0) is 15.2. The van der Waals surface area contributed by atoms with Crippen LogP contribution in [0.5, 0.6) is 0 Å². The SMILES string of the molecule is CCN(CC)c1ccc(NCc2cc(C)ccc2C)cc1. The highest BCUT2D eigenvalue weighted by atomic mass is 15.1. The number of aryl methyl sites for hydroxylation is 2. The first kappa shape index (κ1) is 15.4. The van der Waals surface area contributed by atoms with Crippen LogP contribution >= 0.6 is 0 Å². The van der Waals surface area contributed by atoms with Gasteiger partial charge in [0, 0.05) is 31.0 Å². The topological polar surface area (TPSA) is 15.3 Å². The van der Waals surface area contributed by atoms with Gasteiger partial charge in [-0.15, -0.1) is 0 Å². The van der Waals surface area contributed by atoms with Gasteiger partial charge in [0.2, 0.25) is 0 Å². The Morgan fingerprint density at radius 1 is 0.905 bits per heavy atom. The van der Waals surface area contributed by atoms with Crippen molar-refractivity contribution in [2.24, 2.45) is 0 Å². The summed E-state index contributed by atoms with van der Waals surface area (Å²) < 4.78 is 0.